The van der Waals surface area contributed by atoms with Crippen LogP contribution < -0.4 is 10.1 Å². The number of hydrogen-bond donors (Lipinski definition) is 4. The molecule has 0 spiro atoms. The third-order valence-corrected chi connectivity index (χ3v) is 5.62. The standard InChI is InChI=1S/C24H25F3N6O5/c1-3-14-8-15(4-5-16(14)22(37)30-13(2)12-34)38-23-21-29-9-18(33(21)7-6-28-23)17-10-32(11-19(35)36)31-20(17)24(25,26)27/h4-10,13,19,34-36H,3,11-12H2,1-2H3,(H,30,37)/t13-/m1/s1. The normalized spacial score (nSPS) is 12.8. The Kier molecular flexibility index (Phi) is 7.66. The minimum atomic E-state index is -4.81. The Hall–Kier alpha value is -4.01. The minimum absolute atomic E-state index is 0.0126. The van der Waals surface area contributed by atoms with Gasteiger partial charge in [-0.3, -0.25) is 13.9 Å². The van der Waals surface area contributed by atoms with E-state index in [1.54, 1.807) is 25.1 Å². The van der Waals surface area contributed by atoms with Crippen molar-refractivity contribution in [3.63, 3.8) is 0 Å². The summed E-state index contributed by atoms with van der Waals surface area (Å²) in [7, 11) is 0. The Morgan fingerprint density at radius 2 is 2.00 bits per heavy atom. The quantitative estimate of drug-likeness (QED) is 0.240. The molecule has 0 bridgehead atoms. The van der Waals surface area contributed by atoms with E-state index in [0.29, 0.717) is 23.3 Å². The van der Waals surface area contributed by atoms with Crippen LogP contribution in [-0.2, 0) is 19.1 Å². The van der Waals surface area contributed by atoms with Gasteiger partial charge in [-0.2, -0.15) is 18.3 Å². The molecule has 1 atom stereocenters. The molecule has 0 saturated heterocycles. The lowest BCUT2D eigenvalue weighted by molar-refractivity contribution is -0.141. The number of imidazole rings is 1. The molecule has 0 fully saturated rings. The lowest BCUT2D eigenvalue weighted by Crippen LogP contribution is -2.35. The Balaban J connectivity index is 1.69. The molecule has 4 aromatic rings. The van der Waals surface area contributed by atoms with Crippen molar-refractivity contribution in [3.8, 4) is 22.9 Å². The Labute approximate surface area is 214 Å². The van der Waals surface area contributed by atoms with Gasteiger partial charge in [-0.15, -0.1) is 0 Å². The molecule has 1 amide bonds. The molecule has 0 aliphatic rings. The molecule has 0 radical (unpaired) electrons. The van der Waals surface area contributed by atoms with Crippen molar-refractivity contribution >= 4 is 11.6 Å². The maximum Gasteiger partial charge on any atom is 0.435 e. The number of carbonyl (C=O) groups excluding carboxylic acids is 1. The summed E-state index contributed by atoms with van der Waals surface area (Å²) >= 11 is 0. The van der Waals surface area contributed by atoms with Gasteiger partial charge in [0.15, 0.2) is 12.0 Å². The highest BCUT2D eigenvalue weighted by Gasteiger charge is 2.38. The average Bonchev–Trinajstić information content (AvgIpc) is 3.48. The van der Waals surface area contributed by atoms with Gasteiger partial charge in [-0.1, -0.05) is 6.92 Å². The molecular formula is C24H25F3N6O5. The molecule has 4 rings (SSSR count). The number of aryl methyl sites for hydroxylation is 1. The van der Waals surface area contributed by atoms with Gasteiger partial charge in [-0.05, 0) is 37.1 Å². The monoisotopic (exact) mass is 534 g/mol. The molecule has 1 aromatic carbocycles. The van der Waals surface area contributed by atoms with E-state index in [1.807, 2.05) is 6.92 Å². The van der Waals surface area contributed by atoms with E-state index < -0.39 is 30.7 Å². The number of alkyl halides is 3. The van der Waals surface area contributed by atoms with Crippen LogP contribution in [0.15, 0.2) is 43.0 Å². The van der Waals surface area contributed by atoms with Gasteiger partial charge in [-0.25, -0.2) is 9.97 Å². The van der Waals surface area contributed by atoms with Gasteiger partial charge in [0.2, 0.25) is 5.65 Å². The van der Waals surface area contributed by atoms with Gasteiger partial charge in [0.1, 0.15) is 5.75 Å². The van der Waals surface area contributed by atoms with E-state index in [2.05, 4.69) is 20.4 Å². The number of aliphatic hydroxyl groups excluding tert-OH is 2. The van der Waals surface area contributed by atoms with Crippen molar-refractivity contribution in [2.24, 2.45) is 0 Å². The van der Waals surface area contributed by atoms with Crippen molar-refractivity contribution in [2.75, 3.05) is 6.61 Å². The molecule has 4 N–H and O–H groups in total. The zero-order valence-electron chi connectivity index (χ0n) is 20.3. The lowest BCUT2D eigenvalue weighted by Gasteiger charge is -2.14. The topological polar surface area (TPSA) is 147 Å². The predicted molar refractivity (Wildman–Crippen MR) is 127 cm³/mol. The van der Waals surface area contributed by atoms with Crippen LogP contribution in [0.3, 0.4) is 0 Å². The smallest absolute Gasteiger partial charge is 0.435 e. The van der Waals surface area contributed by atoms with Crippen LogP contribution in [0.25, 0.3) is 16.9 Å². The van der Waals surface area contributed by atoms with Gasteiger partial charge in [0.05, 0.1) is 30.6 Å². The Bertz CT molecular complexity index is 1450. The number of benzene rings is 1. The first-order chi connectivity index (χ1) is 18.0. The van der Waals surface area contributed by atoms with Crippen LogP contribution >= 0.6 is 0 Å². The zero-order chi connectivity index (χ0) is 27.6. The number of nitrogens with zero attached hydrogens (tertiary/aromatic N) is 5. The molecule has 0 aliphatic carbocycles. The summed E-state index contributed by atoms with van der Waals surface area (Å²) in [6, 6.07) is 4.36. The third kappa shape index (κ3) is 5.61. The first-order valence-corrected chi connectivity index (χ1v) is 11.6. The molecule has 11 nitrogen and oxygen atoms in total. The second kappa shape index (κ2) is 10.8. The predicted octanol–water partition coefficient (Wildman–Crippen LogP) is 2.39. The van der Waals surface area contributed by atoms with Crippen molar-refractivity contribution < 1.29 is 38.0 Å². The van der Waals surface area contributed by atoms with Crippen molar-refractivity contribution in [3.05, 3.63) is 59.8 Å². The number of rotatable bonds is 9. The number of amides is 1. The summed E-state index contributed by atoms with van der Waals surface area (Å²) in [6.45, 7) is 2.78. The molecule has 0 saturated carbocycles. The van der Waals surface area contributed by atoms with Crippen molar-refractivity contribution in [1.82, 2.24) is 29.5 Å². The van der Waals surface area contributed by atoms with E-state index in [1.165, 1.54) is 23.0 Å². The molecular weight excluding hydrogens is 509 g/mol. The molecule has 3 heterocycles. The highest BCUT2D eigenvalue weighted by atomic mass is 19.4. The van der Waals surface area contributed by atoms with Crippen LogP contribution in [0.1, 0.15) is 35.5 Å². The second-order valence-corrected chi connectivity index (χ2v) is 8.49. The zero-order valence-corrected chi connectivity index (χ0v) is 20.3. The van der Waals surface area contributed by atoms with E-state index in [9.17, 15) is 23.1 Å². The minimum Gasteiger partial charge on any atom is -0.436 e. The number of nitrogens with one attached hydrogen (secondary N) is 1. The van der Waals surface area contributed by atoms with Gasteiger partial charge >= 0.3 is 6.18 Å². The second-order valence-electron chi connectivity index (χ2n) is 8.49. The number of carbonyl (C=O) groups is 1. The summed E-state index contributed by atoms with van der Waals surface area (Å²) in [6.07, 6.45) is -1.18. The maximum absolute atomic E-state index is 13.7. The first kappa shape index (κ1) is 27.0. The fourth-order valence-electron chi connectivity index (χ4n) is 3.85. The van der Waals surface area contributed by atoms with Crippen molar-refractivity contribution in [2.45, 2.75) is 45.3 Å². The average molecular weight is 534 g/mol. The summed E-state index contributed by atoms with van der Waals surface area (Å²) < 4.78 is 49.2. The molecule has 0 unspecified atom stereocenters. The fourth-order valence-corrected chi connectivity index (χ4v) is 3.85. The van der Waals surface area contributed by atoms with Gasteiger partial charge in [0.25, 0.3) is 11.8 Å². The number of halogens is 3. The highest BCUT2D eigenvalue weighted by Crippen LogP contribution is 2.37. The van der Waals surface area contributed by atoms with Gasteiger partial charge < -0.3 is 25.4 Å². The number of fused-ring (bicyclic) bond motifs is 1. The van der Waals surface area contributed by atoms with Gasteiger partial charge in [0, 0.05) is 30.2 Å². The fraction of sp³-hybridized carbons (Fsp3) is 0.333. The van der Waals surface area contributed by atoms with Crippen molar-refractivity contribution in [1.29, 1.82) is 0 Å². The molecule has 3 aromatic heterocycles. The first-order valence-electron chi connectivity index (χ1n) is 11.6. The summed E-state index contributed by atoms with van der Waals surface area (Å²) in [4.78, 5) is 20.9. The van der Waals surface area contributed by atoms with Crippen LogP contribution in [0, 0.1) is 0 Å². The Morgan fingerprint density at radius 3 is 2.66 bits per heavy atom. The Morgan fingerprint density at radius 1 is 1.24 bits per heavy atom. The van der Waals surface area contributed by atoms with E-state index in [4.69, 9.17) is 14.9 Å². The lowest BCUT2D eigenvalue weighted by atomic mass is 10.0. The molecule has 202 valence electrons. The van der Waals surface area contributed by atoms with Crippen LogP contribution in [0.4, 0.5) is 13.2 Å². The van der Waals surface area contributed by atoms with E-state index >= 15 is 0 Å². The van der Waals surface area contributed by atoms with E-state index in [0.717, 1.165) is 10.9 Å². The van der Waals surface area contributed by atoms with Crippen LogP contribution in [-0.4, -0.2) is 64.3 Å². The van der Waals surface area contributed by atoms with E-state index in [-0.39, 0.29) is 35.3 Å². The molecule has 14 heteroatoms. The SMILES string of the molecule is CCc1cc(Oc2nccn3c(-c4cn(CC(O)O)nc4C(F)(F)F)cnc23)ccc1C(=O)N[C@H](C)CO. The number of aromatic nitrogens is 5. The highest BCUT2D eigenvalue weighted by molar-refractivity contribution is 5.96. The summed E-state index contributed by atoms with van der Waals surface area (Å²) in [5, 5.41) is 33.7. The number of aliphatic hydroxyl groups is 3. The number of ether oxygens (including phenoxy) is 1. The summed E-state index contributed by atoms with van der Waals surface area (Å²) in [5.74, 6) is 0.000866. The van der Waals surface area contributed by atoms with Crippen LogP contribution in [0.2, 0.25) is 0 Å². The summed E-state index contributed by atoms with van der Waals surface area (Å²) in [5.41, 5.74) is -0.270. The number of hydrogen-bond acceptors (Lipinski definition) is 8. The largest absolute Gasteiger partial charge is 0.436 e. The van der Waals surface area contributed by atoms with Crippen LogP contribution in [0.5, 0.6) is 11.6 Å². The molecule has 0 aliphatic heterocycles. The molecule has 38 heavy (non-hydrogen) atoms. The third-order valence-electron chi connectivity index (χ3n) is 5.62. The maximum atomic E-state index is 13.7.